The highest BCUT2D eigenvalue weighted by Crippen LogP contribution is 2.47. The van der Waals surface area contributed by atoms with Crippen LogP contribution in [-0.2, 0) is 0 Å². The van der Waals surface area contributed by atoms with Crippen LogP contribution >= 0.6 is 0 Å². The number of rotatable bonds is 5. The van der Waals surface area contributed by atoms with Gasteiger partial charge >= 0.3 is 0 Å². The Morgan fingerprint density at radius 3 is 2.53 bits per heavy atom. The van der Waals surface area contributed by atoms with Gasteiger partial charge < -0.3 is 9.52 Å². The van der Waals surface area contributed by atoms with Crippen LogP contribution in [0.15, 0.2) is 16.5 Å². The van der Waals surface area contributed by atoms with Gasteiger partial charge in [-0.25, -0.2) is 0 Å². The van der Waals surface area contributed by atoms with Crippen LogP contribution in [0.4, 0.5) is 0 Å². The van der Waals surface area contributed by atoms with Gasteiger partial charge in [-0.15, -0.1) is 0 Å². The summed E-state index contributed by atoms with van der Waals surface area (Å²) < 4.78 is 5.79. The minimum Gasteiger partial charge on any atom is -0.463 e. The highest BCUT2D eigenvalue weighted by molar-refractivity contribution is 5.18. The first-order valence-corrected chi connectivity index (χ1v) is 6.76. The van der Waals surface area contributed by atoms with Crippen molar-refractivity contribution < 1.29 is 9.52 Å². The fourth-order valence-corrected chi connectivity index (χ4v) is 2.60. The second-order valence-corrected chi connectivity index (χ2v) is 6.11. The zero-order chi connectivity index (χ0) is 12.6. The number of aliphatic hydroxyl groups is 1. The van der Waals surface area contributed by atoms with Gasteiger partial charge in [0.25, 0.3) is 0 Å². The van der Waals surface area contributed by atoms with Gasteiger partial charge in [-0.3, -0.25) is 0 Å². The fourth-order valence-electron chi connectivity index (χ4n) is 2.60. The van der Waals surface area contributed by atoms with Gasteiger partial charge in [-0.1, -0.05) is 27.7 Å². The Morgan fingerprint density at radius 1 is 1.35 bits per heavy atom. The Labute approximate surface area is 104 Å². The normalized spacial score (nSPS) is 27.2. The third-order valence-corrected chi connectivity index (χ3v) is 3.80. The van der Waals surface area contributed by atoms with Crippen molar-refractivity contribution in [1.29, 1.82) is 0 Å². The first kappa shape index (κ1) is 12.7. The molecule has 1 aliphatic carbocycles. The average molecular weight is 236 g/mol. The SMILES string of the molecule is CC(C)CC(C)C(O)c1ccc(C2CC2C)o1. The van der Waals surface area contributed by atoms with Crippen molar-refractivity contribution in [3.8, 4) is 0 Å². The standard InChI is InChI=1S/C15H24O2/c1-9(2)7-11(4)15(16)14-6-5-13(17-14)12-8-10(12)3/h5-6,9-12,15-16H,7-8H2,1-4H3. The quantitative estimate of drug-likeness (QED) is 0.834. The Hall–Kier alpha value is -0.760. The van der Waals surface area contributed by atoms with Crippen molar-refractivity contribution in [3.63, 3.8) is 0 Å². The van der Waals surface area contributed by atoms with Crippen molar-refractivity contribution in [2.45, 2.75) is 52.6 Å². The predicted molar refractivity (Wildman–Crippen MR) is 68.8 cm³/mol. The van der Waals surface area contributed by atoms with Gasteiger partial charge in [-0.2, -0.15) is 0 Å². The third-order valence-electron chi connectivity index (χ3n) is 3.80. The maximum atomic E-state index is 10.2. The number of furan rings is 1. The van der Waals surface area contributed by atoms with E-state index in [9.17, 15) is 5.11 Å². The minimum atomic E-state index is -0.458. The molecule has 1 aromatic rings. The Bertz CT molecular complexity index is 367. The maximum absolute atomic E-state index is 10.2. The first-order valence-electron chi connectivity index (χ1n) is 6.76. The molecule has 4 atom stereocenters. The Morgan fingerprint density at radius 2 is 2.00 bits per heavy atom. The molecular weight excluding hydrogens is 212 g/mol. The molecule has 1 fully saturated rings. The number of aliphatic hydroxyl groups excluding tert-OH is 1. The molecule has 0 amide bonds. The van der Waals surface area contributed by atoms with E-state index in [1.54, 1.807) is 0 Å². The summed E-state index contributed by atoms with van der Waals surface area (Å²) in [5, 5.41) is 10.2. The average Bonchev–Trinajstić information content (AvgIpc) is 2.80. The van der Waals surface area contributed by atoms with Crippen LogP contribution in [0.1, 0.15) is 64.1 Å². The van der Waals surface area contributed by atoms with Crippen molar-refractivity contribution in [2.24, 2.45) is 17.8 Å². The summed E-state index contributed by atoms with van der Waals surface area (Å²) in [7, 11) is 0. The predicted octanol–water partition coefficient (Wildman–Crippen LogP) is 4.12. The molecule has 17 heavy (non-hydrogen) atoms. The van der Waals surface area contributed by atoms with Gasteiger partial charge in [0.15, 0.2) is 0 Å². The van der Waals surface area contributed by atoms with Crippen molar-refractivity contribution in [3.05, 3.63) is 23.7 Å². The van der Waals surface area contributed by atoms with Gasteiger partial charge in [0, 0.05) is 5.92 Å². The smallest absolute Gasteiger partial charge is 0.132 e. The van der Waals surface area contributed by atoms with E-state index in [-0.39, 0.29) is 5.92 Å². The summed E-state index contributed by atoms with van der Waals surface area (Å²) in [5.41, 5.74) is 0. The van der Waals surface area contributed by atoms with Crippen LogP contribution in [0.2, 0.25) is 0 Å². The lowest BCUT2D eigenvalue weighted by atomic mass is 9.93. The lowest BCUT2D eigenvalue weighted by Gasteiger charge is -2.18. The lowest BCUT2D eigenvalue weighted by molar-refractivity contribution is 0.0822. The molecule has 1 N–H and O–H groups in total. The van der Waals surface area contributed by atoms with Crippen LogP contribution in [0.3, 0.4) is 0 Å². The van der Waals surface area contributed by atoms with E-state index < -0.39 is 6.10 Å². The van der Waals surface area contributed by atoms with Crippen LogP contribution in [0.25, 0.3) is 0 Å². The Kier molecular flexibility index (Phi) is 3.62. The molecule has 1 heterocycles. The van der Waals surface area contributed by atoms with E-state index in [0.29, 0.717) is 11.8 Å². The van der Waals surface area contributed by atoms with E-state index in [1.165, 1.54) is 6.42 Å². The van der Waals surface area contributed by atoms with Crippen LogP contribution in [0.5, 0.6) is 0 Å². The summed E-state index contributed by atoms with van der Waals surface area (Å²) in [6, 6.07) is 3.98. The fraction of sp³-hybridized carbons (Fsp3) is 0.733. The minimum absolute atomic E-state index is 0.255. The van der Waals surface area contributed by atoms with Crippen LogP contribution < -0.4 is 0 Å². The van der Waals surface area contributed by atoms with E-state index in [4.69, 9.17) is 4.42 Å². The molecule has 0 bridgehead atoms. The van der Waals surface area contributed by atoms with Gasteiger partial charge in [0.1, 0.15) is 17.6 Å². The van der Waals surface area contributed by atoms with Gasteiger partial charge in [0.05, 0.1) is 0 Å². The molecule has 0 spiro atoms. The number of hydrogen-bond donors (Lipinski definition) is 1. The molecule has 0 aromatic carbocycles. The molecule has 0 radical (unpaired) electrons. The molecule has 1 aliphatic rings. The molecule has 2 heteroatoms. The summed E-state index contributed by atoms with van der Waals surface area (Å²) >= 11 is 0. The summed E-state index contributed by atoms with van der Waals surface area (Å²) in [5.74, 6) is 4.01. The zero-order valence-corrected chi connectivity index (χ0v) is 11.3. The number of hydrogen-bond acceptors (Lipinski definition) is 2. The largest absolute Gasteiger partial charge is 0.463 e. The molecule has 0 aliphatic heterocycles. The maximum Gasteiger partial charge on any atom is 0.132 e. The topological polar surface area (TPSA) is 33.4 Å². The van der Waals surface area contributed by atoms with Gasteiger partial charge in [0.2, 0.25) is 0 Å². The summed E-state index contributed by atoms with van der Waals surface area (Å²) in [6.45, 7) is 8.70. The summed E-state index contributed by atoms with van der Waals surface area (Å²) in [6.07, 6.45) is 1.79. The van der Waals surface area contributed by atoms with Crippen molar-refractivity contribution in [1.82, 2.24) is 0 Å². The van der Waals surface area contributed by atoms with E-state index in [2.05, 4.69) is 27.7 Å². The highest BCUT2D eigenvalue weighted by atomic mass is 16.4. The van der Waals surface area contributed by atoms with Gasteiger partial charge in [-0.05, 0) is 42.7 Å². The molecule has 0 saturated heterocycles. The van der Waals surface area contributed by atoms with Crippen molar-refractivity contribution >= 4 is 0 Å². The second-order valence-electron chi connectivity index (χ2n) is 6.11. The molecule has 96 valence electrons. The van der Waals surface area contributed by atoms with E-state index in [0.717, 1.165) is 23.9 Å². The monoisotopic (exact) mass is 236 g/mol. The molecule has 4 unspecified atom stereocenters. The first-order chi connectivity index (χ1) is 7.99. The lowest BCUT2D eigenvalue weighted by Crippen LogP contribution is -2.10. The van der Waals surface area contributed by atoms with Crippen LogP contribution in [0, 0.1) is 17.8 Å². The molecule has 2 nitrogen and oxygen atoms in total. The molecule has 1 saturated carbocycles. The summed E-state index contributed by atoms with van der Waals surface area (Å²) in [4.78, 5) is 0. The molecule has 1 aromatic heterocycles. The van der Waals surface area contributed by atoms with Crippen LogP contribution in [-0.4, -0.2) is 5.11 Å². The third kappa shape index (κ3) is 2.92. The van der Waals surface area contributed by atoms with Crippen molar-refractivity contribution in [2.75, 3.05) is 0 Å². The highest BCUT2D eigenvalue weighted by Gasteiger charge is 2.37. The molecular formula is C15H24O2. The second kappa shape index (κ2) is 4.85. The molecule has 2 rings (SSSR count). The van der Waals surface area contributed by atoms with E-state index >= 15 is 0 Å². The Balaban J connectivity index is 1.99. The zero-order valence-electron chi connectivity index (χ0n) is 11.3. The van der Waals surface area contributed by atoms with E-state index in [1.807, 2.05) is 12.1 Å².